The molecule has 0 fully saturated rings. The second-order valence-corrected chi connectivity index (χ2v) is 4.20. The molecule has 0 N–H and O–H groups in total. The normalized spacial score (nSPS) is 11.6. The summed E-state index contributed by atoms with van der Waals surface area (Å²) in [6, 6.07) is 4.54. The monoisotopic (exact) mass is 321 g/mol. The fourth-order valence-corrected chi connectivity index (χ4v) is 1.95. The quantitative estimate of drug-likeness (QED) is 0.853. The van der Waals surface area contributed by atoms with Gasteiger partial charge in [-0.1, -0.05) is 0 Å². The Hall–Kier alpha value is -1.57. The van der Waals surface area contributed by atoms with Crippen LogP contribution in [0.5, 0.6) is 5.75 Å². The molecule has 8 heteroatoms. The summed E-state index contributed by atoms with van der Waals surface area (Å²) in [6.07, 6.45) is -3.54. The van der Waals surface area contributed by atoms with E-state index in [2.05, 4.69) is 26.1 Å². The van der Waals surface area contributed by atoms with Crippen LogP contribution in [0.3, 0.4) is 0 Å². The van der Waals surface area contributed by atoms with Crippen LogP contribution in [-0.2, 0) is 6.18 Å². The van der Waals surface area contributed by atoms with Crippen LogP contribution in [0.15, 0.2) is 29.0 Å². The van der Waals surface area contributed by atoms with Gasteiger partial charge >= 0.3 is 6.18 Å². The fraction of sp³-hybridized carbons (Fsp3) is 0.200. The van der Waals surface area contributed by atoms with E-state index in [1.807, 2.05) is 0 Å². The van der Waals surface area contributed by atoms with Gasteiger partial charge in [0.1, 0.15) is 12.1 Å². The first-order valence-corrected chi connectivity index (χ1v) is 5.54. The van der Waals surface area contributed by atoms with Crippen LogP contribution in [0, 0.1) is 0 Å². The van der Waals surface area contributed by atoms with Crippen LogP contribution in [0.4, 0.5) is 13.2 Å². The van der Waals surface area contributed by atoms with Gasteiger partial charge in [-0.05, 0) is 34.1 Å². The number of ether oxygens (including phenoxy) is 1. The number of hydrogen-bond acceptors (Lipinski definition) is 3. The summed E-state index contributed by atoms with van der Waals surface area (Å²) in [4.78, 5) is 0. The predicted octanol–water partition coefficient (Wildman–Crippen LogP) is 3.06. The second-order valence-electron chi connectivity index (χ2n) is 3.34. The van der Waals surface area contributed by atoms with Crippen molar-refractivity contribution in [2.75, 3.05) is 7.11 Å². The minimum atomic E-state index is -4.55. The largest absolute Gasteiger partial charge is 0.496 e. The Bertz CT molecular complexity index is 568. The molecule has 96 valence electrons. The molecule has 0 saturated heterocycles. The zero-order chi connectivity index (χ0) is 13.3. The van der Waals surface area contributed by atoms with E-state index in [0.717, 1.165) is 10.9 Å². The molecule has 0 amide bonds. The van der Waals surface area contributed by atoms with E-state index in [4.69, 9.17) is 4.74 Å². The molecule has 18 heavy (non-hydrogen) atoms. The van der Waals surface area contributed by atoms with Crippen LogP contribution in [-0.4, -0.2) is 21.9 Å². The van der Waals surface area contributed by atoms with Crippen molar-refractivity contribution in [3.63, 3.8) is 0 Å². The van der Waals surface area contributed by atoms with Gasteiger partial charge in [-0.15, -0.1) is 10.2 Å². The number of halogens is 4. The van der Waals surface area contributed by atoms with E-state index in [1.165, 1.54) is 19.2 Å². The van der Waals surface area contributed by atoms with Crippen molar-refractivity contribution in [1.29, 1.82) is 0 Å². The molecule has 4 nitrogen and oxygen atoms in total. The highest BCUT2D eigenvalue weighted by molar-refractivity contribution is 9.10. The summed E-state index contributed by atoms with van der Waals surface area (Å²) < 4.78 is 44.4. The van der Waals surface area contributed by atoms with Gasteiger partial charge in [-0.3, -0.25) is 4.57 Å². The van der Waals surface area contributed by atoms with Crippen molar-refractivity contribution in [2.45, 2.75) is 6.18 Å². The van der Waals surface area contributed by atoms with Gasteiger partial charge in [0, 0.05) is 0 Å². The minimum absolute atomic E-state index is 0.292. The first-order chi connectivity index (χ1) is 8.43. The lowest BCUT2D eigenvalue weighted by molar-refractivity contribution is -0.146. The molecule has 2 aromatic rings. The molecule has 0 aliphatic heterocycles. The Kier molecular flexibility index (Phi) is 3.29. The number of nitrogens with zero attached hydrogens (tertiary/aromatic N) is 3. The molecular weight excluding hydrogens is 315 g/mol. The zero-order valence-corrected chi connectivity index (χ0v) is 10.7. The SMILES string of the molecule is COc1ccc(-n2cnnc2C(F)(F)F)cc1Br. The molecule has 2 rings (SSSR count). The van der Waals surface area contributed by atoms with Crippen molar-refractivity contribution in [1.82, 2.24) is 14.8 Å². The first-order valence-electron chi connectivity index (χ1n) is 4.74. The Morgan fingerprint density at radius 1 is 1.33 bits per heavy atom. The van der Waals surface area contributed by atoms with E-state index >= 15 is 0 Å². The minimum Gasteiger partial charge on any atom is -0.496 e. The Morgan fingerprint density at radius 3 is 2.61 bits per heavy atom. The molecule has 0 unspecified atom stereocenters. The number of methoxy groups -OCH3 is 1. The third-order valence-electron chi connectivity index (χ3n) is 2.21. The predicted molar refractivity (Wildman–Crippen MR) is 60.6 cm³/mol. The molecule has 1 heterocycles. The van der Waals surface area contributed by atoms with Crippen molar-refractivity contribution in [3.05, 3.63) is 34.8 Å². The van der Waals surface area contributed by atoms with Crippen LogP contribution in [0.1, 0.15) is 5.82 Å². The third kappa shape index (κ3) is 2.33. The number of benzene rings is 1. The van der Waals surface area contributed by atoms with Crippen LogP contribution in [0.25, 0.3) is 5.69 Å². The second kappa shape index (κ2) is 4.60. The lowest BCUT2D eigenvalue weighted by Crippen LogP contribution is -2.13. The molecule has 0 radical (unpaired) electrons. The fourth-order valence-electron chi connectivity index (χ4n) is 1.42. The van der Waals surface area contributed by atoms with Crippen LogP contribution >= 0.6 is 15.9 Å². The smallest absolute Gasteiger partial charge is 0.452 e. The first kappa shape index (κ1) is 12.9. The zero-order valence-electron chi connectivity index (χ0n) is 9.07. The van der Waals surface area contributed by atoms with Gasteiger partial charge in [0.25, 0.3) is 0 Å². The number of alkyl halides is 3. The maximum atomic E-state index is 12.7. The number of hydrogen-bond donors (Lipinski definition) is 0. The van der Waals surface area contributed by atoms with E-state index < -0.39 is 12.0 Å². The molecule has 0 spiro atoms. The van der Waals surface area contributed by atoms with Crippen LogP contribution < -0.4 is 4.74 Å². The van der Waals surface area contributed by atoms with Crippen molar-refractivity contribution < 1.29 is 17.9 Å². The number of aromatic nitrogens is 3. The van der Waals surface area contributed by atoms with Crippen molar-refractivity contribution in [3.8, 4) is 11.4 Å². The molecule has 0 aliphatic rings. The lowest BCUT2D eigenvalue weighted by atomic mass is 10.3. The highest BCUT2D eigenvalue weighted by atomic mass is 79.9. The molecule has 1 aromatic heterocycles. The Balaban J connectivity index is 2.50. The Morgan fingerprint density at radius 2 is 2.06 bits per heavy atom. The van der Waals surface area contributed by atoms with Crippen molar-refractivity contribution in [2.24, 2.45) is 0 Å². The molecule has 0 atom stereocenters. The van der Waals surface area contributed by atoms with Gasteiger partial charge in [0.15, 0.2) is 0 Å². The highest BCUT2D eigenvalue weighted by Crippen LogP contribution is 2.31. The summed E-state index contributed by atoms with van der Waals surface area (Å²) >= 11 is 3.21. The summed E-state index contributed by atoms with van der Waals surface area (Å²) in [7, 11) is 1.47. The van der Waals surface area contributed by atoms with Gasteiger partial charge in [-0.2, -0.15) is 13.2 Å². The molecular formula is C10H7BrF3N3O. The van der Waals surface area contributed by atoms with E-state index in [9.17, 15) is 13.2 Å². The maximum absolute atomic E-state index is 12.7. The molecule has 0 saturated carbocycles. The van der Waals surface area contributed by atoms with E-state index in [1.54, 1.807) is 6.07 Å². The maximum Gasteiger partial charge on any atom is 0.452 e. The molecule has 1 aromatic carbocycles. The van der Waals surface area contributed by atoms with Crippen molar-refractivity contribution >= 4 is 15.9 Å². The summed E-state index contributed by atoms with van der Waals surface area (Å²) in [6.45, 7) is 0. The lowest BCUT2D eigenvalue weighted by Gasteiger charge is -2.10. The molecule has 0 aliphatic carbocycles. The highest BCUT2D eigenvalue weighted by Gasteiger charge is 2.37. The summed E-state index contributed by atoms with van der Waals surface area (Å²) in [5, 5.41) is 6.36. The van der Waals surface area contributed by atoms with Gasteiger partial charge in [-0.25, -0.2) is 0 Å². The topological polar surface area (TPSA) is 39.9 Å². The average Bonchev–Trinajstić information content (AvgIpc) is 2.77. The summed E-state index contributed by atoms with van der Waals surface area (Å²) in [5.74, 6) is -0.542. The van der Waals surface area contributed by atoms with E-state index in [-0.39, 0.29) is 0 Å². The summed E-state index contributed by atoms with van der Waals surface area (Å²) in [5.41, 5.74) is 0.292. The van der Waals surface area contributed by atoms with E-state index in [0.29, 0.717) is 15.9 Å². The molecule has 0 bridgehead atoms. The third-order valence-corrected chi connectivity index (χ3v) is 2.83. The van der Waals surface area contributed by atoms with Crippen LogP contribution in [0.2, 0.25) is 0 Å². The number of rotatable bonds is 2. The van der Waals surface area contributed by atoms with Gasteiger partial charge in [0.05, 0.1) is 17.3 Å². The van der Waals surface area contributed by atoms with Gasteiger partial charge < -0.3 is 4.74 Å². The standard InChI is InChI=1S/C10H7BrF3N3O/c1-18-8-3-2-6(4-7(8)11)17-5-15-16-9(17)10(12,13)14/h2-5H,1H3. The average molecular weight is 322 g/mol. The van der Waals surface area contributed by atoms with Gasteiger partial charge in [0.2, 0.25) is 5.82 Å². The Labute approximate surface area is 109 Å².